The molecular weight excluding hydrogens is 236 g/mol. The smallest absolute Gasteiger partial charge is 0.233 e. The van der Waals surface area contributed by atoms with Crippen LogP contribution in [0.25, 0.3) is 0 Å². The van der Waals surface area contributed by atoms with Gasteiger partial charge in [0.1, 0.15) is 0 Å². The fraction of sp³-hybridized carbons (Fsp3) is 0.938. The van der Waals surface area contributed by atoms with Crippen LogP contribution in [0.15, 0.2) is 0 Å². The molecule has 0 saturated heterocycles. The Kier molecular flexibility index (Phi) is 3.16. The van der Waals surface area contributed by atoms with E-state index < -0.39 is 0 Å². The molecular formula is C16H28N2O. The van der Waals surface area contributed by atoms with E-state index in [-0.39, 0.29) is 17.9 Å². The summed E-state index contributed by atoms with van der Waals surface area (Å²) in [7, 11) is 0. The van der Waals surface area contributed by atoms with Crippen molar-refractivity contribution in [1.82, 2.24) is 5.32 Å². The Bertz CT molecular complexity index is 340. The lowest BCUT2D eigenvalue weighted by Crippen LogP contribution is -2.56. The van der Waals surface area contributed by atoms with Gasteiger partial charge in [-0.15, -0.1) is 0 Å². The van der Waals surface area contributed by atoms with Crippen molar-refractivity contribution < 1.29 is 4.79 Å². The minimum atomic E-state index is -0.0159. The maximum absolute atomic E-state index is 11.4. The van der Waals surface area contributed by atoms with E-state index in [9.17, 15) is 4.79 Å². The van der Waals surface area contributed by atoms with Gasteiger partial charge in [0, 0.05) is 6.54 Å². The molecule has 0 spiro atoms. The minimum absolute atomic E-state index is 0.0159. The third kappa shape index (κ3) is 2.20. The van der Waals surface area contributed by atoms with E-state index in [1.54, 1.807) is 0 Å². The average Bonchev–Trinajstić information content (AvgIpc) is 2.34. The van der Waals surface area contributed by atoms with E-state index in [1.807, 2.05) is 0 Å². The molecule has 0 aromatic carbocycles. The molecule has 108 valence electrons. The van der Waals surface area contributed by atoms with Crippen molar-refractivity contribution in [2.24, 2.45) is 34.3 Å². The predicted molar refractivity (Wildman–Crippen MR) is 76.5 cm³/mol. The lowest BCUT2D eigenvalue weighted by atomic mass is 9.43. The Morgan fingerprint density at radius 1 is 1.16 bits per heavy atom. The van der Waals surface area contributed by atoms with Crippen LogP contribution in [0.1, 0.15) is 52.4 Å². The van der Waals surface area contributed by atoms with Crippen molar-refractivity contribution in [1.29, 1.82) is 0 Å². The van der Waals surface area contributed by atoms with Gasteiger partial charge >= 0.3 is 0 Å². The summed E-state index contributed by atoms with van der Waals surface area (Å²) in [4.78, 5) is 11.4. The van der Waals surface area contributed by atoms with Crippen LogP contribution in [0.4, 0.5) is 0 Å². The van der Waals surface area contributed by atoms with Gasteiger partial charge in [0.05, 0.1) is 6.54 Å². The Morgan fingerprint density at radius 3 is 2.05 bits per heavy atom. The molecule has 3 N–H and O–H groups in total. The molecule has 0 atom stereocenters. The summed E-state index contributed by atoms with van der Waals surface area (Å²) in [6.45, 7) is 5.61. The molecule has 4 aliphatic rings. The molecule has 19 heavy (non-hydrogen) atoms. The SMILES string of the molecule is CC(C)(CNC(=O)CN)C12CC3CC(CC(C3)C1)C2. The maximum Gasteiger partial charge on any atom is 0.233 e. The molecule has 0 unspecified atom stereocenters. The summed E-state index contributed by atoms with van der Waals surface area (Å²) in [5.41, 5.74) is 6.07. The second kappa shape index (κ2) is 4.47. The van der Waals surface area contributed by atoms with Crippen LogP contribution in [0, 0.1) is 28.6 Å². The van der Waals surface area contributed by atoms with Crippen molar-refractivity contribution in [2.75, 3.05) is 13.1 Å². The van der Waals surface area contributed by atoms with Gasteiger partial charge in [-0.25, -0.2) is 0 Å². The Labute approximate surface area is 116 Å². The first-order valence-corrected chi connectivity index (χ1v) is 7.91. The van der Waals surface area contributed by atoms with Gasteiger partial charge in [-0.05, 0) is 67.1 Å². The first-order chi connectivity index (χ1) is 8.94. The van der Waals surface area contributed by atoms with Gasteiger partial charge in [0.25, 0.3) is 0 Å². The highest BCUT2D eigenvalue weighted by molar-refractivity contribution is 5.77. The highest BCUT2D eigenvalue weighted by atomic mass is 16.1. The number of rotatable bonds is 4. The van der Waals surface area contributed by atoms with Gasteiger partial charge in [-0.1, -0.05) is 13.8 Å². The Balaban J connectivity index is 1.74. The van der Waals surface area contributed by atoms with Crippen molar-refractivity contribution in [2.45, 2.75) is 52.4 Å². The molecule has 0 aliphatic heterocycles. The molecule has 0 radical (unpaired) electrons. The fourth-order valence-electron chi connectivity index (χ4n) is 5.52. The van der Waals surface area contributed by atoms with Crippen LogP contribution in [-0.2, 0) is 4.79 Å². The Hall–Kier alpha value is -0.570. The van der Waals surface area contributed by atoms with Gasteiger partial charge in [0.2, 0.25) is 5.91 Å². The summed E-state index contributed by atoms with van der Waals surface area (Å²) in [5.74, 6) is 2.89. The normalized spacial score (nSPS) is 40.5. The quantitative estimate of drug-likeness (QED) is 0.818. The topological polar surface area (TPSA) is 55.1 Å². The minimum Gasteiger partial charge on any atom is -0.354 e. The lowest BCUT2D eigenvalue weighted by molar-refractivity contribution is -0.128. The number of hydrogen-bond acceptors (Lipinski definition) is 2. The van der Waals surface area contributed by atoms with E-state index >= 15 is 0 Å². The van der Waals surface area contributed by atoms with E-state index in [0.717, 1.165) is 24.3 Å². The zero-order valence-corrected chi connectivity index (χ0v) is 12.4. The van der Waals surface area contributed by atoms with Crippen molar-refractivity contribution in [3.8, 4) is 0 Å². The zero-order valence-electron chi connectivity index (χ0n) is 12.4. The summed E-state index contributed by atoms with van der Waals surface area (Å²) < 4.78 is 0. The highest BCUT2D eigenvalue weighted by Crippen LogP contribution is 2.65. The molecule has 4 saturated carbocycles. The van der Waals surface area contributed by atoms with Crippen LogP contribution in [-0.4, -0.2) is 19.0 Å². The third-order valence-corrected chi connectivity index (χ3v) is 6.39. The number of hydrogen-bond donors (Lipinski definition) is 2. The fourth-order valence-corrected chi connectivity index (χ4v) is 5.52. The van der Waals surface area contributed by atoms with Gasteiger partial charge in [0.15, 0.2) is 0 Å². The molecule has 3 heteroatoms. The molecule has 3 nitrogen and oxygen atoms in total. The summed E-state index contributed by atoms with van der Waals surface area (Å²) in [6.07, 6.45) is 8.61. The van der Waals surface area contributed by atoms with Crippen LogP contribution < -0.4 is 11.1 Å². The first-order valence-electron chi connectivity index (χ1n) is 7.91. The standard InChI is InChI=1S/C16H28N2O/c1-15(2,10-18-14(19)9-17)16-6-11-3-12(7-16)5-13(4-11)8-16/h11-13H,3-10,17H2,1-2H3,(H,18,19). The highest BCUT2D eigenvalue weighted by Gasteiger charge is 2.56. The van der Waals surface area contributed by atoms with Crippen LogP contribution in [0.3, 0.4) is 0 Å². The second-order valence-corrected chi connectivity index (χ2v) is 8.06. The molecule has 4 fully saturated rings. The van der Waals surface area contributed by atoms with E-state index in [4.69, 9.17) is 5.73 Å². The number of carbonyl (C=O) groups excluding carboxylic acids is 1. The van der Waals surface area contributed by atoms with Gasteiger partial charge < -0.3 is 11.1 Å². The van der Waals surface area contributed by atoms with Crippen molar-refractivity contribution in [3.63, 3.8) is 0 Å². The van der Waals surface area contributed by atoms with E-state index in [1.165, 1.54) is 38.5 Å². The molecule has 4 rings (SSSR count). The average molecular weight is 264 g/mol. The van der Waals surface area contributed by atoms with Crippen molar-refractivity contribution >= 4 is 5.91 Å². The van der Waals surface area contributed by atoms with Gasteiger partial charge in [-0.2, -0.15) is 0 Å². The molecule has 1 amide bonds. The van der Waals surface area contributed by atoms with E-state index in [2.05, 4.69) is 19.2 Å². The van der Waals surface area contributed by atoms with Crippen LogP contribution in [0.2, 0.25) is 0 Å². The molecule has 0 heterocycles. The first kappa shape index (κ1) is 13.4. The number of carbonyl (C=O) groups is 1. The van der Waals surface area contributed by atoms with Gasteiger partial charge in [-0.3, -0.25) is 4.79 Å². The molecule has 0 aromatic heterocycles. The number of nitrogens with two attached hydrogens (primary N) is 1. The monoisotopic (exact) mass is 264 g/mol. The van der Waals surface area contributed by atoms with Crippen molar-refractivity contribution in [3.05, 3.63) is 0 Å². The lowest BCUT2D eigenvalue weighted by Gasteiger charge is -2.62. The number of nitrogens with one attached hydrogen (secondary N) is 1. The summed E-state index contributed by atoms with van der Waals surface area (Å²) >= 11 is 0. The summed E-state index contributed by atoms with van der Waals surface area (Å²) in [5, 5.41) is 3.03. The van der Waals surface area contributed by atoms with E-state index in [0.29, 0.717) is 5.41 Å². The van der Waals surface area contributed by atoms with Crippen LogP contribution >= 0.6 is 0 Å². The Morgan fingerprint density at radius 2 is 1.63 bits per heavy atom. The number of amides is 1. The molecule has 0 aromatic rings. The molecule has 4 bridgehead atoms. The predicted octanol–water partition coefficient (Wildman–Crippen LogP) is 2.30. The molecule has 4 aliphatic carbocycles. The second-order valence-electron chi connectivity index (χ2n) is 8.06. The maximum atomic E-state index is 11.4. The summed E-state index contributed by atoms with van der Waals surface area (Å²) in [6, 6.07) is 0. The zero-order chi connectivity index (χ0) is 13.7. The van der Waals surface area contributed by atoms with Crippen LogP contribution in [0.5, 0.6) is 0 Å². The largest absolute Gasteiger partial charge is 0.354 e. The third-order valence-electron chi connectivity index (χ3n) is 6.39.